The molecule has 0 aromatic carbocycles. The summed E-state index contributed by atoms with van der Waals surface area (Å²) < 4.78 is 4.38. The summed E-state index contributed by atoms with van der Waals surface area (Å²) in [5, 5.41) is 0. The third-order valence-corrected chi connectivity index (χ3v) is 0.522. The predicted octanol–water partition coefficient (Wildman–Crippen LogP) is 0.0468. The van der Waals surface area contributed by atoms with E-state index in [4.69, 9.17) is 0 Å². The average Bonchev–Trinajstić information content (AvgIpc) is 1.68. The molecule has 0 fully saturated rings. The van der Waals surface area contributed by atoms with E-state index in [0.717, 1.165) is 0 Å². The van der Waals surface area contributed by atoms with Gasteiger partial charge in [-0.15, -0.1) is 0 Å². The molecular formula is C5H7O3V-. The molecule has 0 aliphatic heterocycles. The van der Waals surface area contributed by atoms with Crippen LogP contribution in [0, 0.1) is 0 Å². The number of carbonyl (C=O) groups is 1. The molecular weight excluding hydrogens is 159 g/mol. The molecule has 3 nitrogen and oxygen atoms in total. The third kappa shape index (κ3) is 7.72. The Morgan fingerprint density at radius 2 is 2.22 bits per heavy atom. The second-order valence-electron chi connectivity index (χ2n) is 1.13. The maximum Gasteiger partial charge on any atom is 0.278 e. The molecule has 0 aliphatic rings. The molecule has 0 bridgehead atoms. The van der Waals surface area contributed by atoms with Gasteiger partial charge in [0.15, 0.2) is 0 Å². The zero-order chi connectivity index (χ0) is 6.41. The molecule has 0 heterocycles. The Kier molecular flexibility index (Phi) is 9.88. The Morgan fingerprint density at radius 3 is 2.56 bits per heavy atom. The number of rotatable bonds is 3. The predicted molar refractivity (Wildman–Crippen MR) is 26.9 cm³/mol. The Balaban J connectivity index is 0. The summed E-state index contributed by atoms with van der Waals surface area (Å²) in [4.78, 5) is 19.6. The van der Waals surface area contributed by atoms with Crippen LogP contribution in [0.3, 0.4) is 0 Å². The first-order valence-corrected chi connectivity index (χ1v) is 2.32. The van der Waals surface area contributed by atoms with Crippen LogP contribution in [0.25, 0.3) is 0 Å². The zero-order valence-corrected chi connectivity index (χ0v) is 6.48. The van der Waals surface area contributed by atoms with Gasteiger partial charge in [-0.1, -0.05) is 6.42 Å². The van der Waals surface area contributed by atoms with Crippen molar-refractivity contribution in [1.82, 2.24) is 0 Å². The van der Waals surface area contributed by atoms with Gasteiger partial charge in [-0.2, -0.15) is 0 Å². The SMILES string of the molecule is CCOC(=O)C[C-]=O.[V]. The normalized spacial score (nSPS) is 7.22. The molecule has 0 spiro atoms. The first kappa shape index (κ1) is 11.5. The Bertz CT molecular complexity index is 92.2. The van der Waals surface area contributed by atoms with Gasteiger partial charge in [0.05, 0.1) is 6.61 Å². The van der Waals surface area contributed by atoms with Crippen LogP contribution in [0.2, 0.25) is 0 Å². The van der Waals surface area contributed by atoms with Crippen LogP contribution in [0.4, 0.5) is 0 Å². The van der Waals surface area contributed by atoms with Crippen molar-refractivity contribution in [2.24, 2.45) is 0 Å². The molecule has 0 aliphatic carbocycles. The van der Waals surface area contributed by atoms with Gasteiger partial charge in [0.25, 0.3) is 5.97 Å². The van der Waals surface area contributed by atoms with Gasteiger partial charge in [-0.05, 0) is 6.92 Å². The van der Waals surface area contributed by atoms with Gasteiger partial charge in [0.2, 0.25) is 0 Å². The van der Waals surface area contributed by atoms with Gasteiger partial charge in [-0.3, -0.25) is 11.1 Å². The molecule has 9 heavy (non-hydrogen) atoms. The molecule has 4 heteroatoms. The Morgan fingerprint density at radius 1 is 1.67 bits per heavy atom. The van der Waals surface area contributed by atoms with Crippen LogP contribution < -0.4 is 0 Å². The van der Waals surface area contributed by atoms with Crippen LogP contribution >= 0.6 is 0 Å². The van der Waals surface area contributed by atoms with Crippen molar-refractivity contribution in [1.29, 1.82) is 0 Å². The van der Waals surface area contributed by atoms with E-state index in [2.05, 4.69) is 4.74 Å². The molecule has 0 saturated carbocycles. The van der Waals surface area contributed by atoms with Crippen LogP contribution in [0.5, 0.6) is 0 Å². The largest absolute Gasteiger partial charge is 0.541 e. The Labute approximate surface area is 65.6 Å². The van der Waals surface area contributed by atoms with E-state index in [-0.39, 0.29) is 25.0 Å². The minimum Gasteiger partial charge on any atom is -0.541 e. The minimum absolute atomic E-state index is 0. The molecule has 0 aromatic rings. The fourth-order valence-electron chi connectivity index (χ4n) is 0.271. The van der Waals surface area contributed by atoms with E-state index in [1.54, 1.807) is 6.92 Å². The molecule has 0 rings (SSSR count). The van der Waals surface area contributed by atoms with Crippen molar-refractivity contribution in [3.63, 3.8) is 0 Å². The molecule has 0 aromatic heterocycles. The summed E-state index contributed by atoms with van der Waals surface area (Å²) in [5.41, 5.74) is 0. The summed E-state index contributed by atoms with van der Waals surface area (Å²) in [6.45, 7) is 2.00. The van der Waals surface area contributed by atoms with E-state index in [1.807, 2.05) is 0 Å². The molecule has 0 saturated heterocycles. The van der Waals surface area contributed by atoms with Gasteiger partial charge in [-0.25, -0.2) is 0 Å². The smallest absolute Gasteiger partial charge is 0.278 e. The Hall–Kier alpha value is -0.276. The van der Waals surface area contributed by atoms with Crippen LogP contribution in [0.1, 0.15) is 13.3 Å². The molecule has 0 atom stereocenters. The van der Waals surface area contributed by atoms with Crippen molar-refractivity contribution in [2.75, 3.05) is 6.61 Å². The monoisotopic (exact) mass is 166 g/mol. The van der Waals surface area contributed by atoms with E-state index in [0.29, 0.717) is 6.61 Å². The zero-order valence-electron chi connectivity index (χ0n) is 5.09. The fourth-order valence-corrected chi connectivity index (χ4v) is 0.271. The fraction of sp³-hybridized carbons (Fsp3) is 0.600. The molecule has 1 radical (unpaired) electrons. The van der Waals surface area contributed by atoms with E-state index in [9.17, 15) is 9.59 Å². The molecule has 0 unspecified atom stereocenters. The number of esters is 1. The molecule has 0 amide bonds. The maximum atomic E-state index is 10.2. The van der Waals surface area contributed by atoms with E-state index >= 15 is 0 Å². The average molecular weight is 166 g/mol. The third-order valence-electron chi connectivity index (χ3n) is 0.522. The summed E-state index contributed by atoms with van der Waals surface area (Å²) >= 11 is 0. The van der Waals surface area contributed by atoms with Crippen molar-refractivity contribution < 1.29 is 32.9 Å². The van der Waals surface area contributed by atoms with Gasteiger partial charge in [0.1, 0.15) is 0 Å². The van der Waals surface area contributed by atoms with Crippen molar-refractivity contribution in [2.45, 2.75) is 13.3 Å². The summed E-state index contributed by atoms with van der Waals surface area (Å²) in [6.07, 6.45) is 1.17. The maximum absolute atomic E-state index is 10.2. The second-order valence-corrected chi connectivity index (χ2v) is 1.13. The number of hydrogen-bond acceptors (Lipinski definition) is 3. The number of ether oxygens (including phenoxy) is 1. The van der Waals surface area contributed by atoms with Crippen LogP contribution in [0.15, 0.2) is 0 Å². The summed E-state index contributed by atoms with van der Waals surface area (Å²) in [7, 11) is 0. The second kappa shape index (κ2) is 7.72. The van der Waals surface area contributed by atoms with Crippen LogP contribution in [-0.4, -0.2) is 18.9 Å². The van der Waals surface area contributed by atoms with Crippen molar-refractivity contribution in [3.8, 4) is 0 Å². The van der Waals surface area contributed by atoms with Crippen LogP contribution in [-0.2, 0) is 32.9 Å². The standard InChI is InChI=1S/C5H7O3.V/c1-2-8-5(7)3-4-6;/h2-3H2,1H3;/q-1;. The number of hydrogen-bond donors (Lipinski definition) is 0. The van der Waals surface area contributed by atoms with Gasteiger partial charge >= 0.3 is 0 Å². The van der Waals surface area contributed by atoms with Crippen molar-refractivity contribution in [3.05, 3.63) is 0 Å². The minimum atomic E-state index is -0.512. The quantitative estimate of drug-likeness (QED) is 0.338. The molecule has 51 valence electrons. The van der Waals surface area contributed by atoms with E-state index in [1.165, 1.54) is 6.29 Å². The topological polar surface area (TPSA) is 43.4 Å². The van der Waals surface area contributed by atoms with Gasteiger partial charge in [0, 0.05) is 18.6 Å². The van der Waals surface area contributed by atoms with Crippen molar-refractivity contribution >= 4 is 12.3 Å². The first-order chi connectivity index (χ1) is 3.81. The van der Waals surface area contributed by atoms with Gasteiger partial charge < -0.3 is 9.53 Å². The summed E-state index contributed by atoms with van der Waals surface area (Å²) in [6, 6.07) is 0. The first-order valence-electron chi connectivity index (χ1n) is 2.32. The summed E-state index contributed by atoms with van der Waals surface area (Å²) in [5.74, 6) is -0.512. The number of carbonyl (C=O) groups excluding carboxylic acids is 2. The van der Waals surface area contributed by atoms with E-state index < -0.39 is 5.97 Å². The molecule has 0 N–H and O–H groups in total.